The van der Waals surface area contributed by atoms with Crippen molar-refractivity contribution in [3.05, 3.63) is 11.2 Å². The summed E-state index contributed by atoms with van der Waals surface area (Å²) in [4.78, 5) is 4.01. The second kappa shape index (κ2) is 6.13. The fraction of sp³-hybridized carbons (Fsp3) is 0.700. The number of thiazole rings is 1. The number of nitrogens with zero attached hydrogens (tertiary/aromatic N) is 1. The van der Waals surface area contributed by atoms with Gasteiger partial charge in [0.2, 0.25) is 0 Å². The summed E-state index contributed by atoms with van der Waals surface area (Å²) in [6, 6.07) is 0. The van der Waals surface area contributed by atoms with E-state index in [4.69, 9.17) is 5.73 Å². The molecule has 0 radical (unpaired) electrons. The van der Waals surface area contributed by atoms with Crippen molar-refractivity contribution in [1.29, 1.82) is 0 Å². The first-order valence-corrected chi connectivity index (χ1v) is 7.89. The maximum absolute atomic E-state index is 12.2. The lowest BCUT2D eigenvalue weighted by atomic mass is 10.0. The van der Waals surface area contributed by atoms with Crippen molar-refractivity contribution in [2.75, 3.05) is 0 Å². The average Bonchev–Trinajstić information content (AvgIpc) is 2.79. The Hall–Kier alpha value is -0.170. The highest BCUT2D eigenvalue weighted by molar-refractivity contribution is 7.94. The van der Waals surface area contributed by atoms with E-state index in [1.54, 1.807) is 0 Å². The van der Waals surface area contributed by atoms with Gasteiger partial charge in [-0.2, -0.15) is 0 Å². The molecule has 1 fully saturated rings. The molecule has 0 unspecified atom stereocenters. The van der Waals surface area contributed by atoms with Gasteiger partial charge in [0.25, 0.3) is 0 Å². The van der Waals surface area contributed by atoms with Crippen LogP contribution in [-0.2, 0) is 16.4 Å². The standard InChI is InChI=1S/C10H16N2O2S2.ClH/c11-6-9-12-7-10(15-9)16(13,14)8-4-2-1-3-5-8;/h7-8H,1-6,11H2;1H. The highest BCUT2D eigenvalue weighted by Gasteiger charge is 2.30. The highest BCUT2D eigenvalue weighted by Crippen LogP contribution is 2.31. The van der Waals surface area contributed by atoms with Gasteiger partial charge in [0.05, 0.1) is 11.4 Å². The summed E-state index contributed by atoms with van der Waals surface area (Å²) in [6.07, 6.45) is 6.23. The van der Waals surface area contributed by atoms with Crippen LogP contribution in [0.2, 0.25) is 0 Å². The lowest BCUT2D eigenvalue weighted by Crippen LogP contribution is -2.23. The molecule has 0 spiro atoms. The third-order valence-corrected chi connectivity index (χ3v) is 6.75. The van der Waals surface area contributed by atoms with Crippen molar-refractivity contribution in [2.24, 2.45) is 5.73 Å². The smallest absolute Gasteiger partial charge is 0.192 e. The topological polar surface area (TPSA) is 73.0 Å². The zero-order valence-electron chi connectivity index (χ0n) is 9.46. The van der Waals surface area contributed by atoms with Gasteiger partial charge in [0.15, 0.2) is 9.84 Å². The van der Waals surface area contributed by atoms with Gasteiger partial charge in [-0.25, -0.2) is 13.4 Å². The van der Waals surface area contributed by atoms with Crippen molar-refractivity contribution in [3.8, 4) is 0 Å². The Morgan fingerprint density at radius 1 is 1.35 bits per heavy atom. The summed E-state index contributed by atoms with van der Waals surface area (Å²) in [6.45, 7) is 0.310. The third-order valence-electron chi connectivity index (χ3n) is 2.98. The summed E-state index contributed by atoms with van der Waals surface area (Å²) in [5.41, 5.74) is 5.44. The van der Waals surface area contributed by atoms with E-state index in [1.165, 1.54) is 17.5 Å². The monoisotopic (exact) mass is 296 g/mol. The predicted molar refractivity (Wildman–Crippen MR) is 71.3 cm³/mol. The summed E-state index contributed by atoms with van der Waals surface area (Å²) >= 11 is 1.21. The molecule has 0 atom stereocenters. The lowest BCUT2D eigenvalue weighted by Gasteiger charge is -2.20. The highest BCUT2D eigenvalue weighted by atomic mass is 35.5. The molecule has 0 aliphatic heterocycles. The first-order valence-electron chi connectivity index (χ1n) is 5.53. The second-order valence-electron chi connectivity index (χ2n) is 4.08. The Morgan fingerprint density at radius 3 is 2.53 bits per heavy atom. The molecule has 4 nitrogen and oxygen atoms in total. The quantitative estimate of drug-likeness (QED) is 0.927. The molecular formula is C10H17ClN2O2S2. The average molecular weight is 297 g/mol. The number of nitrogens with two attached hydrogens (primary N) is 1. The molecule has 1 aromatic rings. The zero-order chi connectivity index (χ0) is 11.6. The van der Waals surface area contributed by atoms with E-state index in [0.29, 0.717) is 15.8 Å². The van der Waals surface area contributed by atoms with Crippen LogP contribution in [0.3, 0.4) is 0 Å². The molecule has 0 aromatic carbocycles. The molecule has 17 heavy (non-hydrogen) atoms. The van der Waals surface area contributed by atoms with Crippen molar-refractivity contribution in [2.45, 2.75) is 48.1 Å². The van der Waals surface area contributed by atoms with Gasteiger partial charge >= 0.3 is 0 Å². The summed E-state index contributed by atoms with van der Waals surface area (Å²) < 4.78 is 24.9. The van der Waals surface area contributed by atoms with Crippen molar-refractivity contribution in [1.82, 2.24) is 4.98 Å². The largest absolute Gasteiger partial charge is 0.325 e. The van der Waals surface area contributed by atoms with E-state index in [9.17, 15) is 8.42 Å². The minimum Gasteiger partial charge on any atom is -0.325 e. The molecule has 2 rings (SSSR count). The minimum absolute atomic E-state index is 0. The molecule has 98 valence electrons. The molecule has 1 saturated carbocycles. The molecule has 7 heteroatoms. The molecule has 0 amide bonds. The van der Waals surface area contributed by atoms with E-state index >= 15 is 0 Å². The number of hydrogen-bond donors (Lipinski definition) is 1. The second-order valence-corrected chi connectivity index (χ2v) is 7.65. The number of halogens is 1. The number of sulfone groups is 1. The first kappa shape index (κ1) is 14.9. The van der Waals surface area contributed by atoms with Crippen molar-refractivity contribution >= 4 is 33.6 Å². The van der Waals surface area contributed by atoms with Gasteiger partial charge in [0, 0.05) is 6.54 Å². The number of rotatable bonds is 3. The van der Waals surface area contributed by atoms with Gasteiger partial charge in [-0.15, -0.1) is 23.7 Å². The first-order chi connectivity index (χ1) is 7.64. The van der Waals surface area contributed by atoms with Crippen LogP contribution in [-0.4, -0.2) is 18.7 Å². The van der Waals surface area contributed by atoms with Crippen LogP contribution < -0.4 is 5.73 Å². The summed E-state index contributed by atoms with van der Waals surface area (Å²) in [5.74, 6) is 0. The van der Waals surface area contributed by atoms with Crippen LogP contribution in [0.5, 0.6) is 0 Å². The van der Waals surface area contributed by atoms with Gasteiger partial charge in [-0.05, 0) is 12.8 Å². The fourth-order valence-corrected chi connectivity index (χ4v) is 5.23. The van der Waals surface area contributed by atoms with Crippen LogP contribution >= 0.6 is 23.7 Å². The molecule has 0 saturated heterocycles. The lowest BCUT2D eigenvalue weighted by molar-refractivity contribution is 0.484. The summed E-state index contributed by atoms with van der Waals surface area (Å²) in [5, 5.41) is 0.488. The normalized spacial score (nSPS) is 17.7. The van der Waals surface area contributed by atoms with E-state index in [2.05, 4.69) is 4.98 Å². The van der Waals surface area contributed by atoms with E-state index < -0.39 is 9.84 Å². The molecule has 1 heterocycles. The van der Waals surface area contributed by atoms with Gasteiger partial charge in [-0.3, -0.25) is 0 Å². The van der Waals surface area contributed by atoms with Crippen LogP contribution in [0.1, 0.15) is 37.1 Å². The maximum atomic E-state index is 12.2. The van der Waals surface area contributed by atoms with Crippen LogP contribution in [0.25, 0.3) is 0 Å². The van der Waals surface area contributed by atoms with E-state index in [0.717, 1.165) is 32.1 Å². The summed E-state index contributed by atoms with van der Waals surface area (Å²) in [7, 11) is -3.15. The van der Waals surface area contributed by atoms with Gasteiger partial charge in [0.1, 0.15) is 9.22 Å². The maximum Gasteiger partial charge on any atom is 0.192 e. The fourth-order valence-electron chi connectivity index (χ4n) is 2.06. The Morgan fingerprint density at radius 2 is 2.00 bits per heavy atom. The SMILES string of the molecule is Cl.NCc1ncc(S(=O)(=O)C2CCCCC2)s1. The Labute approximate surface area is 112 Å². The molecule has 1 aliphatic carbocycles. The Bertz CT molecular complexity index is 453. The number of hydrogen-bond acceptors (Lipinski definition) is 5. The molecule has 0 bridgehead atoms. The third kappa shape index (κ3) is 3.19. The Kier molecular flexibility index (Phi) is 5.37. The molecule has 2 N–H and O–H groups in total. The van der Waals surface area contributed by atoms with Gasteiger partial charge in [-0.1, -0.05) is 19.3 Å². The Balaban J connectivity index is 0.00000144. The van der Waals surface area contributed by atoms with Crippen LogP contribution in [0.15, 0.2) is 10.4 Å². The van der Waals surface area contributed by atoms with E-state index in [1.807, 2.05) is 0 Å². The molecular weight excluding hydrogens is 280 g/mol. The van der Waals surface area contributed by atoms with Crippen LogP contribution in [0, 0.1) is 0 Å². The molecule has 1 aliphatic rings. The molecule has 1 aromatic heterocycles. The van der Waals surface area contributed by atoms with E-state index in [-0.39, 0.29) is 17.7 Å². The van der Waals surface area contributed by atoms with Gasteiger partial charge < -0.3 is 5.73 Å². The van der Waals surface area contributed by atoms with Crippen molar-refractivity contribution < 1.29 is 8.42 Å². The zero-order valence-corrected chi connectivity index (χ0v) is 11.9. The van der Waals surface area contributed by atoms with Crippen LogP contribution in [0.4, 0.5) is 0 Å². The predicted octanol–water partition coefficient (Wildman–Crippen LogP) is 2.13. The number of aromatic nitrogens is 1. The minimum atomic E-state index is -3.15. The van der Waals surface area contributed by atoms with Crippen molar-refractivity contribution in [3.63, 3.8) is 0 Å².